The molecule has 0 atom stereocenters. The minimum Gasteiger partial charge on any atom is -0.465 e. The van der Waals surface area contributed by atoms with Gasteiger partial charge in [-0.05, 0) is 20.9 Å². The van der Waals surface area contributed by atoms with Crippen molar-refractivity contribution in [1.29, 1.82) is 0 Å². The van der Waals surface area contributed by atoms with Crippen molar-refractivity contribution in [3.05, 3.63) is 0 Å². The van der Waals surface area contributed by atoms with Crippen molar-refractivity contribution >= 4 is 11.9 Å². The van der Waals surface area contributed by atoms with Gasteiger partial charge in [-0.2, -0.15) is 0 Å². The Labute approximate surface area is 84.4 Å². The van der Waals surface area contributed by atoms with E-state index in [1.54, 1.807) is 18.9 Å². The number of amides is 1. The standard InChI is InChI=1S/C9H18N2O3/c1-4-10-8(12)6-11(3)7-9(13)14-5-2/h4-7H2,1-3H3,(H,10,12). The second-order valence-corrected chi connectivity index (χ2v) is 2.93. The van der Waals surface area contributed by atoms with Crippen LogP contribution in [0.2, 0.25) is 0 Å². The molecule has 0 spiro atoms. The first-order chi connectivity index (χ1) is 6.60. The van der Waals surface area contributed by atoms with E-state index in [0.717, 1.165) is 0 Å². The predicted molar refractivity (Wildman–Crippen MR) is 52.8 cm³/mol. The molecule has 5 heteroatoms. The summed E-state index contributed by atoms with van der Waals surface area (Å²) in [7, 11) is 1.70. The first-order valence-corrected chi connectivity index (χ1v) is 4.71. The van der Waals surface area contributed by atoms with Gasteiger partial charge in [0, 0.05) is 6.54 Å². The number of ether oxygens (including phenoxy) is 1. The second-order valence-electron chi connectivity index (χ2n) is 2.93. The molecule has 1 amide bonds. The number of hydrogen-bond acceptors (Lipinski definition) is 4. The molecule has 0 aliphatic heterocycles. The number of carbonyl (C=O) groups excluding carboxylic acids is 2. The second kappa shape index (κ2) is 7.32. The van der Waals surface area contributed by atoms with Crippen molar-refractivity contribution in [1.82, 2.24) is 10.2 Å². The monoisotopic (exact) mass is 202 g/mol. The van der Waals surface area contributed by atoms with E-state index in [9.17, 15) is 9.59 Å². The van der Waals surface area contributed by atoms with Crippen LogP contribution in [0.1, 0.15) is 13.8 Å². The highest BCUT2D eigenvalue weighted by atomic mass is 16.5. The van der Waals surface area contributed by atoms with E-state index in [0.29, 0.717) is 13.2 Å². The van der Waals surface area contributed by atoms with Crippen molar-refractivity contribution in [2.75, 3.05) is 33.3 Å². The number of nitrogens with one attached hydrogen (secondary N) is 1. The fraction of sp³-hybridized carbons (Fsp3) is 0.778. The summed E-state index contributed by atoms with van der Waals surface area (Å²) in [5.41, 5.74) is 0. The lowest BCUT2D eigenvalue weighted by molar-refractivity contribution is -0.144. The minimum atomic E-state index is -0.306. The van der Waals surface area contributed by atoms with Crippen molar-refractivity contribution in [2.24, 2.45) is 0 Å². The first-order valence-electron chi connectivity index (χ1n) is 4.71. The van der Waals surface area contributed by atoms with E-state index in [4.69, 9.17) is 4.74 Å². The van der Waals surface area contributed by atoms with Crippen molar-refractivity contribution in [2.45, 2.75) is 13.8 Å². The van der Waals surface area contributed by atoms with Gasteiger partial charge in [0.1, 0.15) is 0 Å². The maximum absolute atomic E-state index is 11.1. The summed E-state index contributed by atoms with van der Waals surface area (Å²) in [5, 5.41) is 2.65. The number of hydrogen-bond donors (Lipinski definition) is 1. The van der Waals surface area contributed by atoms with Crippen LogP contribution in [-0.2, 0) is 14.3 Å². The number of nitrogens with zero attached hydrogens (tertiary/aromatic N) is 1. The van der Waals surface area contributed by atoms with Crippen LogP contribution in [0.25, 0.3) is 0 Å². The van der Waals surface area contributed by atoms with Crippen LogP contribution in [0.4, 0.5) is 0 Å². The van der Waals surface area contributed by atoms with E-state index in [1.165, 1.54) is 0 Å². The molecule has 0 aromatic heterocycles. The zero-order valence-electron chi connectivity index (χ0n) is 9.00. The molecule has 0 aliphatic carbocycles. The van der Waals surface area contributed by atoms with Gasteiger partial charge < -0.3 is 10.1 Å². The Balaban J connectivity index is 3.68. The summed E-state index contributed by atoms with van der Waals surface area (Å²) in [4.78, 5) is 23.7. The van der Waals surface area contributed by atoms with E-state index < -0.39 is 0 Å². The Hall–Kier alpha value is -1.10. The van der Waals surface area contributed by atoms with Crippen LogP contribution in [0.5, 0.6) is 0 Å². The number of rotatable bonds is 6. The normalized spacial score (nSPS) is 10.0. The fourth-order valence-electron chi connectivity index (χ4n) is 0.981. The van der Waals surface area contributed by atoms with Crippen molar-refractivity contribution in [3.8, 4) is 0 Å². The third-order valence-electron chi connectivity index (χ3n) is 1.49. The van der Waals surface area contributed by atoms with Gasteiger partial charge in [0.05, 0.1) is 19.7 Å². The summed E-state index contributed by atoms with van der Waals surface area (Å²) < 4.78 is 4.74. The van der Waals surface area contributed by atoms with Gasteiger partial charge in [-0.3, -0.25) is 14.5 Å². The molecular weight excluding hydrogens is 184 g/mol. The molecular formula is C9H18N2O3. The Bertz CT molecular complexity index is 174. The average molecular weight is 202 g/mol. The molecule has 0 saturated heterocycles. The Morgan fingerprint density at radius 3 is 2.43 bits per heavy atom. The van der Waals surface area contributed by atoms with Crippen molar-refractivity contribution in [3.63, 3.8) is 0 Å². The van der Waals surface area contributed by atoms with Gasteiger partial charge in [-0.25, -0.2) is 0 Å². The summed E-state index contributed by atoms with van der Waals surface area (Å²) in [6.07, 6.45) is 0. The molecule has 0 unspecified atom stereocenters. The van der Waals surface area contributed by atoms with Gasteiger partial charge in [0.2, 0.25) is 5.91 Å². The molecule has 0 saturated carbocycles. The third kappa shape index (κ3) is 6.42. The van der Waals surface area contributed by atoms with Crippen LogP contribution >= 0.6 is 0 Å². The van der Waals surface area contributed by atoms with E-state index in [-0.39, 0.29) is 25.0 Å². The molecule has 0 heterocycles. The maximum atomic E-state index is 11.1. The van der Waals surface area contributed by atoms with Gasteiger partial charge >= 0.3 is 5.97 Å². The molecule has 0 aromatic rings. The summed E-state index contributed by atoms with van der Waals surface area (Å²) in [5.74, 6) is -0.390. The van der Waals surface area contributed by atoms with Gasteiger partial charge in [-0.1, -0.05) is 0 Å². The smallest absolute Gasteiger partial charge is 0.320 e. The van der Waals surface area contributed by atoms with Gasteiger partial charge in [0.15, 0.2) is 0 Å². The zero-order valence-corrected chi connectivity index (χ0v) is 9.00. The molecule has 0 fully saturated rings. The predicted octanol–water partition coefficient (Wildman–Crippen LogP) is -0.383. The summed E-state index contributed by atoms with van der Waals surface area (Å²) in [6.45, 7) is 4.93. The molecule has 1 N–H and O–H groups in total. The number of esters is 1. The molecule has 0 rings (SSSR count). The zero-order chi connectivity index (χ0) is 11.0. The highest BCUT2D eigenvalue weighted by Gasteiger charge is 2.09. The molecule has 0 aliphatic rings. The van der Waals surface area contributed by atoms with E-state index >= 15 is 0 Å². The number of likely N-dealkylation sites (N-methyl/N-ethyl adjacent to an activating group) is 2. The summed E-state index contributed by atoms with van der Waals surface area (Å²) in [6, 6.07) is 0. The molecule has 5 nitrogen and oxygen atoms in total. The van der Waals surface area contributed by atoms with Crippen LogP contribution in [0.15, 0.2) is 0 Å². The van der Waals surface area contributed by atoms with Crippen LogP contribution in [0, 0.1) is 0 Å². The van der Waals surface area contributed by atoms with Crippen molar-refractivity contribution < 1.29 is 14.3 Å². The highest BCUT2D eigenvalue weighted by molar-refractivity contribution is 5.79. The quantitative estimate of drug-likeness (QED) is 0.596. The Morgan fingerprint density at radius 1 is 1.29 bits per heavy atom. The lowest BCUT2D eigenvalue weighted by Crippen LogP contribution is -2.37. The molecule has 0 bridgehead atoms. The van der Waals surface area contributed by atoms with Crippen LogP contribution < -0.4 is 5.32 Å². The Morgan fingerprint density at radius 2 is 1.93 bits per heavy atom. The lowest BCUT2D eigenvalue weighted by atomic mass is 10.5. The minimum absolute atomic E-state index is 0.0840. The highest BCUT2D eigenvalue weighted by Crippen LogP contribution is 1.85. The fourth-order valence-corrected chi connectivity index (χ4v) is 0.981. The van der Waals surface area contributed by atoms with Gasteiger partial charge in [-0.15, -0.1) is 0 Å². The maximum Gasteiger partial charge on any atom is 0.320 e. The summed E-state index contributed by atoms with van der Waals surface area (Å²) >= 11 is 0. The average Bonchev–Trinajstić information content (AvgIpc) is 2.03. The van der Waals surface area contributed by atoms with E-state index in [2.05, 4.69) is 5.32 Å². The third-order valence-corrected chi connectivity index (χ3v) is 1.49. The first kappa shape index (κ1) is 12.9. The Kier molecular flexibility index (Phi) is 6.74. The van der Waals surface area contributed by atoms with Crippen LogP contribution in [-0.4, -0.2) is 50.1 Å². The van der Waals surface area contributed by atoms with E-state index in [1.807, 2.05) is 6.92 Å². The molecule has 82 valence electrons. The topological polar surface area (TPSA) is 58.6 Å². The number of carbonyl (C=O) groups is 2. The molecule has 0 aromatic carbocycles. The lowest BCUT2D eigenvalue weighted by Gasteiger charge is -2.14. The SMILES string of the molecule is CCNC(=O)CN(C)CC(=O)OCC. The molecule has 14 heavy (non-hydrogen) atoms. The molecule has 0 radical (unpaired) electrons. The van der Waals surface area contributed by atoms with Crippen LogP contribution in [0.3, 0.4) is 0 Å². The van der Waals surface area contributed by atoms with Gasteiger partial charge in [0.25, 0.3) is 0 Å². The largest absolute Gasteiger partial charge is 0.465 e.